The lowest BCUT2D eigenvalue weighted by molar-refractivity contribution is -0.136. The molecule has 6 nitrogen and oxygen atoms in total. The predicted molar refractivity (Wildman–Crippen MR) is 67.9 cm³/mol. The van der Waals surface area contributed by atoms with Crippen molar-refractivity contribution >= 4 is 28.3 Å². The third-order valence-corrected chi connectivity index (χ3v) is 3.77. The molecule has 1 saturated heterocycles. The lowest BCUT2D eigenvalue weighted by Gasteiger charge is -2.18. The number of anilines is 1. The minimum Gasteiger partial charge on any atom is -0.481 e. The molecule has 1 fully saturated rings. The van der Waals surface area contributed by atoms with Crippen LogP contribution in [0.3, 0.4) is 0 Å². The van der Waals surface area contributed by atoms with Gasteiger partial charge in [0.05, 0.1) is 18.7 Å². The van der Waals surface area contributed by atoms with Crippen LogP contribution < -0.4 is 4.90 Å². The van der Waals surface area contributed by atoms with Crippen LogP contribution in [-0.2, 0) is 16.0 Å². The number of hydrogen-bond donors (Lipinski definition) is 1. The summed E-state index contributed by atoms with van der Waals surface area (Å²) in [5.41, 5.74) is 0.549. The standard InChI is InChI=1S/C11H15N3O3S/c1-13-3-2-4-14(6-9(13)15)11-12-8(7-18-11)5-10(16)17/h7H,2-6H2,1H3,(H,16,17). The number of amides is 1. The summed E-state index contributed by atoms with van der Waals surface area (Å²) in [7, 11) is 1.80. The molecule has 1 aliphatic rings. The van der Waals surface area contributed by atoms with Gasteiger partial charge < -0.3 is 14.9 Å². The Hall–Kier alpha value is -1.63. The maximum atomic E-state index is 11.7. The SMILES string of the molecule is CN1CCCN(c2nc(CC(=O)O)cs2)CC1=O. The van der Waals surface area contributed by atoms with Crippen molar-refractivity contribution in [3.63, 3.8) is 0 Å². The van der Waals surface area contributed by atoms with Gasteiger partial charge in [-0.2, -0.15) is 0 Å². The first kappa shape index (κ1) is 12.8. The van der Waals surface area contributed by atoms with Gasteiger partial charge in [0, 0.05) is 25.5 Å². The third kappa shape index (κ3) is 2.98. The maximum absolute atomic E-state index is 11.7. The summed E-state index contributed by atoms with van der Waals surface area (Å²) in [6.07, 6.45) is 0.828. The van der Waals surface area contributed by atoms with Crippen molar-refractivity contribution in [2.24, 2.45) is 0 Å². The number of carboxylic acids is 1. The molecule has 0 unspecified atom stereocenters. The van der Waals surface area contributed by atoms with Gasteiger partial charge in [0.15, 0.2) is 5.13 Å². The van der Waals surface area contributed by atoms with E-state index in [4.69, 9.17) is 5.11 Å². The summed E-state index contributed by atoms with van der Waals surface area (Å²) in [4.78, 5) is 30.2. The van der Waals surface area contributed by atoms with Crippen LogP contribution in [0.25, 0.3) is 0 Å². The quantitative estimate of drug-likeness (QED) is 0.862. The summed E-state index contributed by atoms with van der Waals surface area (Å²) < 4.78 is 0. The molecule has 1 aromatic heterocycles. The van der Waals surface area contributed by atoms with Gasteiger partial charge in [-0.1, -0.05) is 0 Å². The highest BCUT2D eigenvalue weighted by Gasteiger charge is 2.21. The highest BCUT2D eigenvalue weighted by molar-refractivity contribution is 7.13. The zero-order valence-electron chi connectivity index (χ0n) is 10.1. The number of hydrogen-bond acceptors (Lipinski definition) is 5. The summed E-state index contributed by atoms with van der Waals surface area (Å²) in [6, 6.07) is 0. The van der Waals surface area contributed by atoms with E-state index < -0.39 is 5.97 Å². The largest absolute Gasteiger partial charge is 0.481 e. The van der Waals surface area contributed by atoms with Gasteiger partial charge in [0.25, 0.3) is 0 Å². The van der Waals surface area contributed by atoms with E-state index in [-0.39, 0.29) is 12.3 Å². The van der Waals surface area contributed by atoms with E-state index in [1.807, 2.05) is 4.90 Å². The van der Waals surface area contributed by atoms with E-state index in [9.17, 15) is 9.59 Å². The zero-order valence-corrected chi connectivity index (χ0v) is 10.9. The van der Waals surface area contributed by atoms with Crippen molar-refractivity contribution in [2.45, 2.75) is 12.8 Å². The molecular weight excluding hydrogens is 254 g/mol. The summed E-state index contributed by atoms with van der Waals surface area (Å²) >= 11 is 1.39. The fourth-order valence-corrected chi connectivity index (χ4v) is 2.68. The van der Waals surface area contributed by atoms with Crippen molar-refractivity contribution in [1.82, 2.24) is 9.88 Å². The molecule has 1 aliphatic heterocycles. The van der Waals surface area contributed by atoms with Crippen LogP contribution in [0.5, 0.6) is 0 Å². The topological polar surface area (TPSA) is 73.7 Å². The summed E-state index contributed by atoms with van der Waals surface area (Å²) in [5, 5.41) is 11.2. The van der Waals surface area contributed by atoms with Gasteiger partial charge in [-0.25, -0.2) is 4.98 Å². The first-order valence-corrected chi connectivity index (χ1v) is 6.59. The number of nitrogens with zero attached hydrogens (tertiary/aromatic N) is 3. The molecule has 2 heterocycles. The molecule has 7 heteroatoms. The predicted octanol–water partition coefficient (Wildman–Crippen LogP) is 0.439. The Morgan fingerprint density at radius 1 is 1.56 bits per heavy atom. The Labute approximate surface area is 109 Å². The van der Waals surface area contributed by atoms with Gasteiger partial charge in [-0.15, -0.1) is 11.3 Å². The number of carboxylic acid groups (broad SMARTS) is 1. The van der Waals surface area contributed by atoms with E-state index in [1.54, 1.807) is 17.3 Å². The zero-order chi connectivity index (χ0) is 13.1. The number of aliphatic carboxylic acids is 1. The Kier molecular flexibility index (Phi) is 3.81. The Morgan fingerprint density at radius 2 is 2.33 bits per heavy atom. The average Bonchev–Trinajstić information content (AvgIpc) is 2.67. The second kappa shape index (κ2) is 5.34. The molecule has 0 bridgehead atoms. The lowest BCUT2D eigenvalue weighted by Crippen LogP contribution is -2.34. The first-order valence-electron chi connectivity index (χ1n) is 5.71. The van der Waals surface area contributed by atoms with E-state index >= 15 is 0 Å². The van der Waals surface area contributed by atoms with Crippen molar-refractivity contribution in [3.05, 3.63) is 11.1 Å². The van der Waals surface area contributed by atoms with Gasteiger partial charge in [0.1, 0.15) is 0 Å². The fraction of sp³-hybridized carbons (Fsp3) is 0.545. The number of thiazole rings is 1. The minimum absolute atomic E-state index is 0.0712. The lowest BCUT2D eigenvalue weighted by atomic mass is 10.3. The molecule has 98 valence electrons. The monoisotopic (exact) mass is 269 g/mol. The van der Waals surface area contributed by atoms with Crippen LogP contribution in [0, 0.1) is 0 Å². The van der Waals surface area contributed by atoms with Gasteiger partial charge in [-0.05, 0) is 6.42 Å². The van der Waals surface area contributed by atoms with E-state index in [0.717, 1.165) is 24.6 Å². The van der Waals surface area contributed by atoms with Crippen LogP contribution >= 0.6 is 11.3 Å². The maximum Gasteiger partial charge on any atom is 0.309 e. The van der Waals surface area contributed by atoms with Crippen molar-refractivity contribution in [3.8, 4) is 0 Å². The van der Waals surface area contributed by atoms with Crippen LogP contribution in [0.1, 0.15) is 12.1 Å². The van der Waals surface area contributed by atoms with Crippen LogP contribution in [0.2, 0.25) is 0 Å². The molecular formula is C11H15N3O3S. The number of carbonyl (C=O) groups is 2. The van der Waals surface area contributed by atoms with Crippen LogP contribution in [0.4, 0.5) is 5.13 Å². The highest BCUT2D eigenvalue weighted by Crippen LogP contribution is 2.22. The minimum atomic E-state index is -0.890. The van der Waals surface area contributed by atoms with Crippen LogP contribution in [0.15, 0.2) is 5.38 Å². The average molecular weight is 269 g/mol. The van der Waals surface area contributed by atoms with Crippen LogP contribution in [-0.4, -0.2) is 53.5 Å². The van der Waals surface area contributed by atoms with Gasteiger partial charge >= 0.3 is 5.97 Å². The molecule has 0 saturated carbocycles. The smallest absolute Gasteiger partial charge is 0.309 e. The molecule has 0 aromatic carbocycles. The molecule has 0 radical (unpaired) electrons. The number of likely N-dealkylation sites (N-methyl/N-ethyl adjacent to an activating group) is 1. The molecule has 1 amide bonds. The molecule has 0 spiro atoms. The third-order valence-electron chi connectivity index (χ3n) is 2.82. The van der Waals surface area contributed by atoms with Crippen molar-refractivity contribution < 1.29 is 14.7 Å². The van der Waals surface area contributed by atoms with Gasteiger partial charge in [-0.3, -0.25) is 9.59 Å². The Bertz CT molecular complexity index is 460. The Balaban J connectivity index is 2.08. The summed E-state index contributed by atoms with van der Waals surface area (Å²) in [5.74, 6) is -0.819. The normalized spacial score (nSPS) is 16.8. The molecule has 0 aliphatic carbocycles. The molecule has 1 N–H and O–H groups in total. The van der Waals surface area contributed by atoms with Gasteiger partial charge in [0.2, 0.25) is 5.91 Å². The molecule has 2 rings (SSSR count). The fourth-order valence-electron chi connectivity index (χ4n) is 1.83. The second-order valence-corrected chi connectivity index (χ2v) is 5.12. The summed E-state index contributed by atoms with van der Waals surface area (Å²) in [6.45, 7) is 1.84. The highest BCUT2D eigenvalue weighted by atomic mass is 32.1. The van der Waals surface area contributed by atoms with E-state index in [2.05, 4.69) is 4.98 Å². The Morgan fingerprint density at radius 3 is 3.06 bits per heavy atom. The molecule has 0 atom stereocenters. The van der Waals surface area contributed by atoms with Crippen molar-refractivity contribution in [2.75, 3.05) is 31.6 Å². The molecule has 1 aromatic rings. The number of rotatable bonds is 3. The molecule has 18 heavy (non-hydrogen) atoms. The number of aromatic nitrogens is 1. The second-order valence-electron chi connectivity index (χ2n) is 4.28. The van der Waals surface area contributed by atoms with E-state index in [1.165, 1.54) is 11.3 Å². The first-order chi connectivity index (χ1) is 8.56. The van der Waals surface area contributed by atoms with E-state index in [0.29, 0.717) is 12.2 Å². The van der Waals surface area contributed by atoms with Crippen molar-refractivity contribution in [1.29, 1.82) is 0 Å². The number of carbonyl (C=O) groups excluding carboxylic acids is 1.